The lowest BCUT2D eigenvalue weighted by Gasteiger charge is -2.31. The van der Waals surface area contributed by atoms with Gasteiger partial charge in [-0.25, -0.2) is 0 Å². The molecule has 6 heteroatoms. The zero-order valence-corrected chi connectivity index (χ0v) is 12.8. The number of aromatic hydroxyl groups is 1. The molecule has 1 saturated heterocycles. The van der Waals surface area contributed by atoms with Crippen LogP contribution < -0.4 is 5.32 Å². The van der Waals surface area contributed by atoms with Crippen LogP contribution in [0.4, 0.5) is 5.69 Å². The highest BCUT2D eigenvalue weighted by Crippen LogP contribution is 2.36. The summed E-state index contributed by atoms with van der Waals surface area (Å²) in [5.41, 5.74) is 0.235. The minimum atomic E-state index is -0.169. The van der Waals surface area contributed by atoms with Gasteiger partial charge in [0.1, 0.15) is 0 Å². The van der Waals surface area contributed by atoms with Crippen molar-refractivity contribution < 1.29 is 14.6 Å². The maximum Gasteiger partial charge on any atom is 0.227 e. The third-order valence-corrected chi connectivity index (χ3v) is 3.86. The van der Waals surface area contributed by atoms with Crippen LogP contribution in [-0.2, 0) is 9.53 Å². The van der Waals surface area contributed by atoms with Crippen LogP contribution in [0.15, 0.2) is 12.1 Å². The molecule has 2 N–H and O–H groups in total. The Morgan fingerprint density at radius 1 is 1.30 bits per heavy atom. The van der Waals surface area contributed by atoms with Gasteiger partial charge in [-0.2, -0.15) is 0 Å². The molecule has 0 aliphatic carbocycles. The van der Waals surface area contributed by atoms with Gasteiger partial charge < -0.3 is 15.2 Å². The molecule has 1 aromatic rings. The number of amides is 1. The number of nitrogens with one attached hydrogen (secondary N) is 1. The summed E-state index contributed by atoms with van der Waals surface area (Å²) in [4.78, 5) is 12.3. The zero-order chi connectivity index (χ0) is 14.9. The Morgan fingerprint density at radius 3 is 2.50 bits per heavy atom. The van der Waals surface area contributed by atoms with Gasteiger partial charge in [-0.1, -0.05) is 23.2 Å². The average Bonchev–Trinajstić information content (AvgIpc) is 2.34. The van der Waals surface area contributed by atoms with E-state index < -0.39 is 0 Å². The molecule has 0 bridgehead atoms. The molecule has 20 heavy (non-hydrogen) atoms. The highest BCUT2D eigenvalue weighted by Gasteiger charge is 2.30. The number of carbonyl (C=O) groups excluding carboxylic acids is 1. The number of phenolic OH excluding ortho intramolecular Hbond substituents is 1. The van der Waals surface area contributed by atoms with E-state index in [0.717, 1.165) is 0 Å². The highest BCUT2D eigenvalue weighted by molar-refractivity contribution is 6.36. The molecule has 1 heterocycles. The predicted molar refractivity (Wildman–Crippen MR) is 79.5 cm³/mol. The molecule has 110 valence electrons. The SMILES string of the molecule is CC1CC(C(=O)Nc2cc(Cl)cc(Cl)c2O)CC(C)O1. The maximum atomic E-state index is 12.3. The first-order valence-corrected chi connectivity index (χ1v) is 7.26. The monoisotopic (exact) mass is 317 g/mol. The Kier molecular flexibility index (Phi) is 4.78. The van der Waals surface area contributed by atoms with Crippen LogP contribution in [0, 0.1) is 5.92 Å². The summed E-state index contributed by atoms with van der Waals surface area (Å²) in [5.74, 6) is -0.468. The van der Waals surface area contributed by atoms with Gasteiger partial charge in [0.25, 0.3) is 0 Å². The molecule has 0 aromatic heterocycles. The number of anilines is 1. The predicted octanol–water partition coefficient (Wildman–Crippen LogP) is 3.84. The molecule has 0 spiro atoms. The molecule has 1 aromatic carbocycles. The van der Waals surface area contributed by atoms with Crippen LogP contribution in [0.3, 0.4) is 0 Å². The Balaban J connectivity index is 2.12. The smallest absolute Gasteiger partial charge is 0.227 e. The number of hydrogen-bond acceptors (Lipinski definition) is 3. The van der Waals surface area contributed by atoms with Gasteiger partial charge in [-0.3, -0.25) is 4.79 Å². The van der Waals surface area contributed by atoms with E-state index in [4.69, 9.17) is 27.9 Å². The van der Waals surface area contributed by atoms with Crippen molar-refractivity contribution >= 4 is 34.8 Å². The van der Waals surface area contributed by atoms with E-state index in [0.29, 0.717) is 17.9 Å². The normalized spacial score (nSPS) is 26.3. The first-order valence-electron chi connectivity index (χ1n) is 6.51. The van der Waals surface area contributed by atoms with Crippen LogP contribution in [-0.4, -0.2) is 23.2 Å². The van der Waals surface area contributed by atoms with Gasteiger partial charge in [0.05, 0.1) is 22.9 Å². The molecule has 0 radical (unpaired) electrons. The van der Waals surface area contributed by atoms with Crippen molar-refractivity contribution in [3.63, 3.8) is 0 Å². The minimum absolute atomic E-state index is 0.0473. The lowest BCUT2D eigenvalue weighted by atomic mass is 9.92. The molecule has 4 nitrogen and oxygen atoms in total. The first-order chi connectivity index (χ1) is 9.36. The summed E-state index contributed by atoms with van der Waals surface area (Å²) < 4.78 is 5.61. The zero-order valence-electron chi connectivity index (χ0n) is 11.3. The van der Waals surface area contributed by atoms with Gasteiger partial charge >= 0.3 is 0 Å². The van der Waals surface area contributed by atoms with Crippen molar-refractivity contribution in [1.29, 1.82) is 0 Å². The second-order valence-corrected chi connectivity index (χ2v) is 6.04. The Hall–Kier alpha value is -0.970. The fourth-order valence-electron chi connectivity index (χ4n) is 2.52. The molecule has 1 amide bonds. The van der Waals surface area contributed by atoms with Gasteiger partial charge in [0.15, 0.2) is 5.75 Å². The van der Waals surface area contributed by atoms with Crippen LogP contribution in [0.1, 0.15) is 26.7 Å². The van der Waals surface area contributed by atoms with E-state index in [1.54, 1.807) is 0 Å². The summed E-state index contributed by atoms with van der Waals surface area (Å²) >= 11 is 11.7. The van der Waals surface area contributed by atoms with Crippen LogP contribution in [0.25, 0.3) is 0 Å². The van der Waals surface area contributed by atoms with Crippen LogP contribution >= 0.6 is 23.2 Å². The number of ether oxygens (including phenoxy) is 1. The average molecular weight is 318 g/mol. The van der Waals surface area contributed by atoms with Crippen molar-refractivity contribution in [3.05, 3.63) is 22.2 Å². The molecule has 1 fully saturated rings. The number of hydrogen-bond donors (Lipinski definition) is 2. The molecule has 0 saturated carbocycles. The van der Waals surface area contributed by atoms with Crippen molar-refractivity contribution in [1.82, 2.24) is 0 Å². The van der Waals surface area contributed by atoms with E-state index in [9.17, 15) is 9.90 Å². The number of benzene rings is 1. The van der Waals surface area contributed by atoms with E-state index >= 15 is 0 Å². The Morgan fingerprint density at radius 2 is 1.90 bits per heavy atom. The highest BCUT2D eigenvalue weighted by atomic mass is 35.5. The van der Waals surface area contributed by atoms with E-state index in [1.165, 1.54) is 12.1 Å². The van der Waals surface area contributed by atoms with Crippen molar-refractivity contribution in [2.45, 2.75) is 38.9 Å². The maximum absolute atomic E-state index is 12.3. The van der Waals surface area contributed by atoms with Crippen LogP contribution in [0.2, 0.25) is 10.0 Å². The number of halogens is 2. The van der Waals surface area contributed by atoms with E-state index in [1.807, 2.05) is 13.8 Å². The minimum Gasteiger partial charge on any atom is -0.504 e. The van der Waals surface area contributed by atoms with Crippen molar-refractivity contribution in [2.75, 3.05) is 5.32 Å². The lowest BCUT2D eigenvalue weighted by molar-refractivity contribution is -0.127. The quantitative estimate of drug-likeness (QED) is 0.815. The molecule has 2 atom stereocenters. The second-order valence-electron chi connectivity index (χ2n) is 5.20. The molecule has 2 rings (SSSR count). The summed E-state index contributed by atoms with van der Waals surface area (Å²) in [6.45, 7) is 3.90. The summed E-state index contributed by atoms with van der Waals surface area (Å²) in [5, 5.41) is 13.0. The largest absolute Gasteiger partial charge is 0.504 e. The van der Waals surface area contributed by atoms with Crippen molar-refractivity contribution in [3.8, 4) is 5.75 Å². The van der Waals surface area contributed by atoms with Gasteiger partial charge in [-0.15, -0.1) is 0 Å². The Bertz CT molecular complexity index is 511. The number of rotatable bonds is 2. The fourth-order valence-corrected chi connectivity index (χ4v) is 3.01. The number of carbonyl (C=O) groups is 1. The standard InChI is InChI=1S/C14H17Cl2NO3/c1-7-3-9(4-8(2)20-7)14(19)17-12-6-10(15)5-11(16)13(12)18/h5-9,18H,3-4H2,1-2H3,(H,17,19). The fraction of sp³-hybridized carbons (Fsp3) is 0.500. The number of phenols is 1. The van der Waals surface area contributed by atoms with Gasteiger partial charge in [-0.05, 0) is 38.8 Å². The third kappa shape index (κ3) is 3.57. The molecule has 1 aliphatic rings. The summed E-state index contributed by atoms with van der Waals surface area (Å²) in [6.07, 6.45) is 1.41. The molecular weight excluding hydrogens is 301 g/mol. The third-order valence-electron chi connectivity index (χ3n) is 3.35. The van der Waals surface area contributed by atoms with E-state index in [2.05, 4.69) is 5.32 Å². The summed E-state index contributed by atoms with van der Waals surface area (Å²) in [6, 6.07) is 2.90. The summed E-state index contributed by atoms with van der Waals surface area (Å²) in [7, 11) is 0. The lowest BCUT2D eigenvalue weighted by Crippen LogP contribution is -2.36. The molecule has 2 unspecified atom stereocenters. The van der Waals surface area contributed by atoms with Gasteiger partial charge in [0, 0.05) is 10.9 Å². The van der Waals surface area contributed by atoms with Gasteiger partial charge in [0.2, 0.25) is 5.91 Å². The molecule has 1 aliphatic heterocycles. The van der Waals surface area contributed by atoms with Crippen molar-refractivity contribution in [2.24, 2.45) is 5.92 Å². The van der Waals surface area contributed by atoms with E-state index in [-0.39, 0.29) is 40.5 Å². The first kappa shape index (κ1) is 15.4. The second kappa shape index (κ2) is 6.20. The molecular formula is C14H17Cl2NO3. The van der Waals surface area contributed by atoms with Crippen LogP contribution in [0.5, 0.6) is 5.75 Å². The Labute approximate surface area is 128 Å². The topological polar surface area (TPSA) is 58.6 Å².